The minimum Gasteiger partial charge on any atom is -0.306 e. The summed E-state index contributed by atoms with van der Waals surface area (Å²) in [5.41, 5.74) is 1.18. The lowest BCUT2D eigenvalue weighted by Crippen LogP contribution is -2.42. The molecule has 6 heteroatoms. The Morgan fingerprint density at radius 1 is 1.12 bits per heavy atom. The van der Waals surface area contributed by atoms with Crippen molar-refractivity contribution < 1.29 is 0 Å². The van der Waals surface area contributed by atoms with Crippen molar-refractivity contribution in [2.45, 2.75) is 58.9 Å². The number of thiophene rings is 1. The van der Waals surface area contributed by atoms with Crippen molar-refractivity contribution in [3.05, 3.63) is 31.3 Å². The van der Waals surface area contributed by atoms with Crippen LogP contribution in [0.1, 0.15) is 56.5 Å². The SMILES string of the molecule is CN1CCC(n2c(=O)[nH]c3sc4c(c3c2=O)CCC(C(C)(C)C)C4)CC1. The van der Waals surface area contributed by atoms with Gasteiger partial charge in [-0.25, -0.2) is 4.79 Å². The molecule has 0 radical (unpaired) electrons. The van der Waals surface area contributed by atoms with Gasteiger partial charge >= 0.3 is 5.69 Å². The maximum absolute atomic E-state index is 13.3. The van der Waals surface area contributed by atoms with Gasteiger partial charge in [0.15, 0.2) is 0 Å². The first-order chi connectivity index (χ1) is 12.3. The molecule has 1 saturated heterocycles. The van der Waals surface area contributed by atoms with Crippen molar-refractivity contribution in [3.63, 3.8) is 0 Å². The maximum atomic E-state index is 13.3. The lowest BCUT2D eigenvalue weighted by molar-refractivity contribution is 0.215. The van der Waals surface area contributed by atoms with Crippen LogP contribution in [0.3, 0.4) is 0 Å². The van der Waals surface area contributed by atoms with Crippen LogP contribution >= 0.6 is 11.3 Å². The van der Waals surface area contributed by atoms with Crippen molar-refractivity contribution in [2.75, 3.05) is 20.1 Å². The van der Waals surface area contributed by atoms with Gasteiger partial charge in [-0.1, -0.05) is 20.8 Å². The van der Waals surface area contributed by atoms with Gasteiger partial charge < -0.3 is 4.90 Å². The van der Waals surface area contributed by atoms with Gasteiger partial charge in [-0.05, 0) is 69.1 Å². The predicted octanol–water partition coefficient (Wildman–Crippen LogP) is 3.17. The highest BCUT2D eigenvalue weighted by Gasteiger charge is 2.32. The standard InChI is InChI=1S/C20H29N3O2S/c1-20(2,3)12-5-6-14-15(11-12)26-17-16(14)18(24)23(19(25)21-17)13-7-9-22(4)10-8-13/h12-13H,5-11H2,1-4H3,(H,21,25). The normalized spacial score (nSPS) is 22.7. The quantitative estimate of drug-likeness (QED) is 0.833. The number of hydrogen-bond donors (Lipinski definition) is 1. The number of fused-ring (bicyclic) bond motifs is 3. The van der Waals surface area contributed by atoms with Gasteiger partial charge in [-0.2, -0.15) is 0 Å². The van der Waals surface area contributed by atoms with Gasteiger partial charge in [0.1, 0.15) is 4.83 Å². The third-order valence-corrected chi connectivity index (χ3v) is 7.58. The number of nitrogens with zero attached hydrogens (tertiary/aromatic N) is 2. The number of nitrogens with one attached hydrogen (secondary N) is 1. The number of aromatic amines is 1. The van der Waals surface area contributed by atoms with Crippen molar-refractivity contribution in [1.82, 2.24) is 14.5 Å². The third kappa shape index (κ3) is 2.97. The van der Waals surface area contributed by atoms with Crippen LogP contribution in [0, 0.1) is 11.3 Å². The Morgan fingerprint density at radius 3 is 2.46 bits per heavy atom. The van der Waals surface area contributed by atoms with Crippen molar-refractivity contribution in [3.8, 4) is 0 Å². The van der Waals surface area contributed by atoms with Gasteiger partial charge in [0.05, 0.1) is 5.39 Å². The molecule has 3 heterocycles. The summed E-state index contributed by atoms with van der Waals surface area (Å²) in [7, 11) is 2.09. The van der Waals surface area contributed by atoms with E-state index in [9.17, 15) is 9.59 Å². The van der Waals surface area contributed by atoms with Crippen LogP contribution in [-0.2, 0) is 12.8 Å². The van der Waals surface area contributed by atoms with E-state index in [0.29, 0.717) is 5.92 Å². The fraction of sp³-hybridized carbons (Fsp3) is 0.700. The molecular weight excluding hydrogens is 346 g/mol. The van der Waals surface area contributed by atoms with Crippen LogP contribution < -0.4 is 11.2 Å². The predicted molar refractivity (Wildman–Crippen MR) is 107 cm³/mol. The molecule has 1 aliphatic heterocycles. The van der Waals surface area contributed by atoms with Crippen LogP contribution in [0.15, 0.2) is 9.59 Å². The van der Waals surface area contributed by atoms with Gasteiger partial charge in [0.2, 0.25) is 0 Å². The van der Waals surface area contributed by atoms with E-state index in [1.807, 2.05) is 0 Å². The average Bonchev–Trinajstić information content (AvgIpc) is 2.93. The fourth-order valence-corrected chi connectivity index (χ4v) is 5.90. The molecule has 1 unspecified atom stereocenters. The summed E-state index contributed by atoms with van der Waals surface area (Å²) < 4.78 is 1.51. The monoisotopic (exact) mass is 375 g/mol. The molecule has 0 bridgehead atoms. The fourth-order valence-electron chi connectivity index (χ4n) is 4.59. The van der Waals surface area contributed by atoms with Crippen LogP contribution in [-0.4, -0.2) is 34.6 Å². The molecule has 4 rings (SSSR count). The Bertz CT molecular complexity index is 939. The Balaban J connectivity index is 1.79. The van der Waals surface area contributed by atoms with Crippen molar-refractivity contribution >= 4 is 21.6 Å². The van der Waals surface area contributed by atoms with Gasteiger partial charge in [-0.15, -0.1) is 11.3 Å². The highest BCUT2D eigenvalue weighted by atomic mass is 32.1. The molecule has 2 aliphatic rings. The molecule has 0 saturated carbocycles. The minimum absolute atomic E-state index is 0.0216. The number of likely N-dealkylation sites (tertiary alicyclic amines) is 1. The minimum atomic E-state index is -0.233. The molecule has 0 spiro atoms. The topological polar surface area (TPSA) is 58.1 Å². The Kier molecular flexibility index (Phi) is 4.39. The smallest absolute Gasteiger partial charge is 0.306 e. The van der Waals surface area contributed by atoms with Gasteiger partial charge in [-0.3, -0.25) is 14.3 Å². The summed E-state index contributed by atoms with van der Waals surface area (Å²) >= 11 is 1.63. The van der Waals surface area contributed by atoms with E-state index in [1.165, 1.54) is 15.0 Å². The summed E-state index contributed by atoms with van der Waals surface area (Å²) in [6.07, 6.45) is 4.82. The van der Waals surface area contributed by atoms with Crippen LogP contribution in [0.25, 0.3) is 10.2 Å². The molecule has 5 nitrogen and oxygen atoms in total. The zero-order valence-corrected chi connectivity index (χ0v) is 17.0. The number of H-pyrrole nitrogens is 1. The van der Waals surface area contributed by atoms with Crippen molar-refractivity contribution in [2.24, 2.45) is 11.3 Å². The molecule has 2 aromatic heterocycles. The second-order valence-corrected chi connectivity index (χ2v) is 10.3. The highest BCUT2D eigenvalue weighted by molar-refractivity contribution is 7.18. The van der Waals surface area contributed by atoms with Crippen LogP contribution in [0.4, 0.5) is 0 Å². The van der Waals surface area contributed by atoms with E-state index in [2.05, 4.69) is 37.7 Å². The second-order valence-electron chi connectivity index (χ2n) is 9.15. The number of rotatable bonds is 1. The maximum Gasteiger partial charge on any atom is 0.329 e. The van der Waals surface area contributed by atoms with E-state index < -0.39 is 0 Å². The zero-order valence-electron chi connectivity index (χ0n) is 16.2. The first-order valence-electron chi connectivity index (χ1n) is 9.73. The number of piperidine rings is 1. The van der Waals surface area contributed by atoms with E-state index >= 15 is 0 Å². The molecule has 26 heavy (non-hydrogen) atoms. The first kappa shape index (κ1) is 18.0. The van der Waals surface area contributed by atoms with Gasteiger partial charge in [0, 0.05) is 10.9 Å². The third-order valence-electron chi connectivity index (χ3n) is 6.42. The summed E-state index contributed by atoms with van der Waals surface area (Å²) in [6, 6.07) is 0.0216. The molecule has 1 aliphatic carbocycles. The highest BCUT2D eigenvalue weighted by Crippen LogP contribution is 2.41. The zero-order chi connectivity index (χ0) is 18.6. The molecule has 1 N–H and O–H groups in total. The summed E-state index contributed by atoms with van der Waals surface area (Å²) in [4.78, 5) is 33.3. The lowest BCUT2D eigenvalue weighted by atomic mass is 9.72. The van der Waals surface area contributed by atoms with E-state index in [1.54, 1.807) is 11.3 Å². The summed E-state index contributed by atoms with van der Waals surface area (Å²) in [5, 5.41) is 0.788. The first-order valence-corrected chi connectivity index (χ1v) is 10.5. The molecule has 142 valence electrons. The molecule has 2 aromatic rings. The number of aryl methyl sites for hydroxylation is 1. The number of aromatic nitrogens is 2. The molecule has 1 fully saturated rings. The van der Waals surface area contributed by atoms with Gasteiger partial charge in [0.25, 0.3) is 5.56 Å². The largest absolute Gasteiger partial charge is 0.329 e. The average molecular weight is 376 g/mol. The molecule has 1 atom stereocenters. The van der Waals surface area contributed by atoms with Crippen LogP contribution in [0.2, 0.25) is 0 Å². The molecule has 0 amide bonds. The van der Waals surface area contributed by atoms with Crippen molar-refractivity contribution in [1.29, 1.82) is 0 Å². The van der Waals surface area contributed by atoms with Crippen LogP contribution in [0.5, 0.6) is 0 Å². The van der Waals surface area contributed by atoms with E-state index in [4.69, 9.17) is 0 Å². The molecule has 0 aromatic carbocycles. The Labute approximate surface area is 158 Å². The Hall–Kier alpha value is -1.40. The molecular formula is C20H29N3O2S. The Morgan fingerprint density at radius 2 is 1.81 bits per heavy atom. The summed E-state index contributed by atoms with van der Waals surface area (Å²) in [5.74, 6) is 0.630. The lowest BCUT2D eigenvalue weighted by Gasteiger charge is -2.33. The van der Waals surface area contributed by atoms with E-state index in [-0.39, 0.29) is 22.7 Å². The second kappa shape index (κ2) is 6.34. The number of hydrogen-bond acceptors (Lipinski definition) is 4. The summed E-state index contributed by atoms with van der Waals surface area (Å²) in [6.45, 7) is 8.76. The van der Waals surface area contributed by atoms with E-state index in [0.717, 1.165) is 55.4 Å².